The number of benzene rings is 1. The smallest absolute Gasteiger partial charge is 0.324 e. The zero-order chi connectivity index (χ0) is 16.4. The van der Waals surface area contributed by atoms with Crippen LogP contribution in [0.4, 0.5) is 0 Å². The van der Waals surface area contributed by atoms with Crippen LogP contribution in [-0.4, -0.2) is 27.5 Å². The summed E-state index contributed by atoms with van der Waals surface area (Å²) in [6.45, 7) is 8.93. The first-order chi connectivity index (χ1) is 9.60. The van der Waals surface area contributed by atoms with E-state index < -0.39 is 22.0 Å². The van der Waals surface area contributed by atoms with E-state index in [1.807, 2.05) is 19.1 Å². The highest BCUT2D eigenvalue weighted by Gasteiger charge is 2.30. The Morgan fingerprint density at radius 1 is 1.14 bits per heavy atom. The highest BCUT2D eigenvalue weighted by molar-refractivity contribution is 7.89. The Balaban J connectivity index is 3.26. The Labute approximate surface area is 126 Å². The van der Waals surface area contributed by atoms with Gasteiger partial charge in [-0.3, -0.25) is 4.79 Å². The predicted molar refractivity (Wildman–Crippen MR) is 81.6 cm³/mol. The number of rotatable bonds is 5. The maximum Gasteiger partial charge on any atom is 0.324 e. The first-order valence-electron chi connectivity index (χ1n) is 6.78. The summed E-state index contributed by atoms with van der Waals surface area (Å²) < 4.78 is 32.3. The van der Waals surface area contributed by atoms with Crippen molar-refractivity contribution in [1.82, 2.24) is 4.72 Å². The normalized spacial score (nSPS) is 13.3. The summed E-state index contributed by atoms with van der Waals surface area (Å²) in [4.78, 5) is 12.0. The second kappa shape index (κ2) is 6.58. The Morgan fingerprint density at radius 3 is 2.00 bits per heavy atom. The molecule has 1 aromatic rings. The molecule has 118 valence electrons. The van der Waals surface area contributed by atoms with Gasteiger partial charge in [-0.05, 0) is 37.8 Å². The topological polar surface area (TPSA) is 72.5 Å². The van der Waals surface area contributed by atoms with E-state index >= 15 is 0 Å². The molecule has 0 heterocycles. The van der Waals surface area contributed by atoms with Crippen molar-refractivity contribution in [2.75, 3.05) is 7.11 Å². The molecule has 6 heteroatoms. The Morgan fingerprint density at radius 2 is 1.62 bits per heavy atom. The Kier molecular flexibility index (Phi) is 5.53. The molecule has 0 amide bonds. The van der Waals surface area contributed by atoms with Crippen LogP contribution < -0.4 is 4.72 Å². The predicted octanol–water partition coefficient (Wildman–Crippen LogP) is 2.09. The van der Waals surface area contributed by atoms with Crippen LogP contribution in [0.1, 0.15) is 30.5 Å². The monoisotopic (exact) mass is 313 g/mol. The van der Waals surface area contributed by atoms with Gasteiger partial charge in [0.05, 0.1) is 12.0 Å². The van der Waals surface area contributed by atoms with Crippen molar-refractivity contribution in [1.29, 1.82) is 0 Å². The third-order valence-corrected chi connectivity index (χ3v) is 5.02. The average molecular weight is 313 g/mol. The fraction of sp³-hybridized carbons (Fsp3) is 0.533. The maximum absolute atomic E-state index is 12.6. The number of carbonyl (C=O) groups is 1. The molecular weight excluding hydrogens is 290 g/mol. The van der Waals surface area contributed by atoms with Gasteiger partial charge in [0.25, 0.3) is 0 Å². The molecule has 21 heavy (non-hydrogen) atoms. The third-order valence-electron chi connectivity index (χ3n) is 3.28. The largest absolute Gasteiger partial charge is 0.468 e. The fourth-order valence-corrected chi connectivity index (χ4v) is 4.19. The Bertz CT molecular complexity index is 612. The van der Waals surface area contributed by atoms with Crippen LogP contribution in [-0.2, 0) is 19.6 Å². The number of hydrogen-bond donors (Lipinski definition) is 1. The average Bonchev–Trinajstić information content (AvgIpc) is 2.33. The number of methoxy groups -OCH3 is 1. The molecular formula is C15H23NO4S. The molecule has 0 aliphatic heterocycles. The van der Waals surface area contributed by atoms with E-state index in [1.165, 1.54) is 7.11 Å². The van der Waals surface area contributed by atoms with Gasteiger partial charge >= 0.3 is 5.97 Å². The molecule has 0 bridgehead atoms. The Hall–Kier alpha value is -1.40. The van der Waals surface area contributed by atoms with Gasteiger partial charge in [0.2, 0.25) is 10.0 Å². The van der Waals surface area contributed by atoms with E-state index in [9.17, 15) is 13.2 Å². The summed E-state index contributed by atoms with van der Waals surface area (Å²) in [6.07, 6.45) is 0. The second-order valence-electron chi connectivity index (χ2n) is 5.59. The van der Waals surface area contributed by atoms with Gasteiger partial charge in [0, 0.05) is 0 Å². The van der Waals surface area contributed by atoms with E-state index in [4.69, 9.17) is 0 Å². The summed E-state index contributed by atoms with van der Waals surface area (Å²) >= 11 is 0. The highest BCUT2D eigenvalue weighted by atomic mass is 32.2. The van der Waals surface area contributed by atoms with Gasteiger partial charge in [-0.1, -0.05) is 31.5 Å². The van der Waals surface area contributed by atoms with Crippen molar-refractivity contribution in [2.24, 2.45) is 5.92 Å². The first-order valence-corrected chi connectivity index (χ1v) is 8.26. The first kappa shape index (κ1) is 17.7. The lowest BCUT2D eigenvalue weighted by atomic mass is 10.1. The van der Waals surface area contributed by atoms with E-state index in [0.29, 0.717) is 11.1 Å². The van der Waals surface area contributed by atoms with Crippen LogP contribution in [0.3, 0.4) is 0 Å². The molecule has 0 aromatic heterocycles. The molecule has 1 aromatic carbocycles. The summed E-state index contributed by atoms with van der Waals surface area (Å²) in [5, 5.41) is 0. The minimum atomic E-state index is -3.79. The zero-order valence-electron chi connectivity index (χ0n) is 13.4. The van der Waals surface area contributed by atoms with Crippen LogP contribution in [0.5, 0.6) is 0 Å². The van der Waals surface area contributed by atoms with E-state index in [0.717, 1.165) is 5.56 Å². The van der Waals surface area contributed by atoms with Gasteiger partial charge in [0.1, 0.15) is 6.04 Å². The van der Waals surface area contributed by atoms with Gasteiger partial charge in [-0.2, -0.15) is 4.72 Å². The molecule has 0 saturated carbocycles. The fourth-order valence-electron chi connectivity index (χ4n) is 2.40. The number of nitrogens with one attached hydrogen (secondary N) is 1. The minimum absolute atomic E-state index is 0.210. The van der Waals surface area contributed by atoms with Crippen molar-refractivity contribution in [3.63, 3.8) is 0 Å². The molecule has 1 atom stereocenters. The van der Waals surface area contributed by atoms with Crippen molar-refractivity contribution in [3.05, 3.63) is 28.8 Å². The number of sulfonamides is 1. The molecule has 5 nitrogen and oxygen atoms in total. The van der Waals surface area contributed by atoms with E-state index in [2.05, 4.69) is 9.46 Å². The summed E-state index contributed by atoms with van der Waals surface area (Å²) in [7, 11) is -2.54. The number of hydrogen-bond acceptors (Lipinski definition) is 4. The van der Waals surface area contributed by atoms with Crippen LogP contribution in [0.15, 0.2) is 17.0 Å². The number of ether oxygens (including phenoxy) is 1. The lowest BCUT2D eigenvalue weighted by Gasteiger charge is -2.21. The zero-order valence-corrected chi connectivity index (χ0v) is 14.2. The van der Waals surface area contributed by atoms with Gasteiger partial charge in [-0.25, -0.2) is 8.42 Å². The standard InChI is InChI=1S/C15H23NO4S/c1-9(2)13(15(17)20-6)16-21(18,19)14-11(4)7-10(3)8-12(14)5/h7-9,13,16H,1-6H3/t13-/m0/s1. The maximum atomic E-state index is 12.6. The quantitative estimate of drug-likeness (QED) is 0.845. The van der Waals surface area contributed by atoms with Crippen LogP contribution in [0.2, 0.25) is 0 Å². The van der Waals surface area contributed by atoms with Gasteiger partial charge in [0.15, 0.2) is 0 Å². The number of esters is 1. The van der Waals surface area contributed by atoms with Gasteiger partial charge in [-0.15, -0.1) is 0 Å². The van der Waals surface area contributed by atoms with Crippen LogP contribution in [0, 0.1) is 26.7 Å². The minimum Gasteiger partial charge on any atom is -0.468 e. The second-order valence-corrected chi connectivity index (χ2v) is 7.24. The van der Waals surface area contributed by atoms with Crippen molar-refractivity contribution in [2.45, 2.75) is 45.6 Å². The lowest BCUT2D eigenvalue weighted by Crippen LogP contribution is -2.45. The summed E-state index contributed by atoms with van der Waals surface area (Å²) in [5.74, 6) is -0.797. The third kappa shape index (κ3) is 4.04. The SMILES string of the molecule is COC(=O)[C@@H](NS(=O)(=O)c1c(C)cc(C)cc1C)C(C)C. The molecule has 1 rings (SSSR count). The summed E-state index contributed by atoms with van der Waals surface area (Å²) in [5.41, 5.74) is 2.32. The van der Waals surface area contributed by atoms with Crippen molar-refractivity contribution < 1.29 is 17.9 Å². The molecule has 0 saturated heterocycles. The highest BCUT2D eigenvalue weighted by Crippen LogP contribution is 2.22. The summed E-state index contributed by atoms with van der Waals surface area (Å²) in [6, 6.07) is 2.72. The molecule has 0 fully saturated rings. The van der Waals surface area contributed by atoms with Gasteiger partial charge < -0.3 is 4.74 Å². The molecule has 0 radical (unpaired) electrons. The lowest BCUT2D eigenvalue weighted by molar-refractivity contribution is -0.143. The van der Waals surface area contributed by atoms with Crippen molar-refractivity contribution in [3.8, 4) is 0 Å². The molecule has 0 spiro atoms. The molecule has 0 unspecified atom stereocenters. The van der Waals surface area contributed by atoms with Crippen LogP contribution >= 0.6 is 0 Å². The van der Waals surface area contributed by atoms with Crippen molar-refractivity contribution >= 4 is 16.0 Å². The van der Waals surface area contributed by atoms with E-state index in [1.54, 1.807) is 27.7 Å². The molecule has 1 N–H and O–H groups in total. The number of carbonyl (C=O) groups excluding carboxylic acids is 1. The van der Waals surface area contributed by atoms with Crippen LogP contribution in [0.25, 0.3) is 0 Å². The van der Waals surface area contributed by atoms with E-state index in [-0.39, 0.29) is 10.8 Å². The molecule has 0 aliphatic carbocycles. The number of aryl methyl sites for hydroxylation is 3. The molecule has 0 aliphatic rings.